The fourth-order valence-electron chi connectivity index (χ4n) is 5.97. The maximum absolute atomic E-state index is 14.1. The smallest absolute Gasteiger partial charge is 0.247 e. The number of anilines is 1. The zero-order valence-electron chi connectivity index (χ0n) is 22.0. The van der Waals surface area contributed by atoms with Gasteiger partial charge in [-0.1, -0.05) is 61.5 Å². The minimum atomic E-state index is -0.848. The fraction of sp³-hybridized carbons (Fsp3) is 0.433. The molecule has 0 bridgehead atoms. The van der Waals surface area contributed by atoms with Crippen LogP contribution >= 0.6 is 0 Å². The molecule has 0 saturated carbocycles. The highest BCUT2D eigenvalue weighted by molar-refractivity contribution is 6.02. The molecule has 2 aromatic rings. The average molecular weight is 504 g/mol. The first-order valence-corrected chi connectivity index (χ1v) is 13.1. The van der Waals surface area contributed by atoms with Gasteiger partial charge in [-0.2, -0.15) is 0 Å². The second kappa shape index (κ2) is 11.3. The molecule has 1 fully saturated rings. The van der Waals surface area contributed by atoms with Crippen LogP contribution in [0.25, 0.3) is 0 Å². The lowest BCUT2D eigenvalue weighted by Crippen LogP contribution is -2.51. The molecular formula is C30H37N3O4. The number of aliphatic hydroxyl groups is 1. The van der Waals surface area contributed by atoms with E-state index >= 15 is 0 Å². The minimum Gasteiger partial charge on any atom is -0.394 e. The lowest BCUT2D eigenvalue weighted by Gasteiger charge is -2.34. The number of rotatable bonds is 8. The van der Waals surface area contributed by atoms with Crippen molar-refractivity contribution in [2.75, 3.05) is 19.0 Å². The molecule has 6 atom stereocenters. The summed E-state index contributed by atoms with van der Waals surface area (Å²) in [5, 5.41) is 16.3. The van der Waals surface area contributed by atoms with E-state index < -0.39 is 29.8 Å². The molecule has 1 aliphatic carbocycles. The highest BCUT2D eigenvalue weighted by Crippen LogP contribution is 2.46. The first-order chi connectivity index (χ1) is 17.8. The quantitative estimate of drug-likeness (QED) is 0.482. The molecule has 2 aromatic carbocycles. The van der Waals surface area contributed by atoms with Gasteiger partial charge in [0.05, 0.1) is 24.5 Å². The summed E-state index contributed by atoms with van der Waals surface area (Å²) in [7, 11) is 1.58. The number of hydrogen-bond acceptors (Lipinski definition) is 4. The minimum absolute atomic E-state index is 0.102. The topological polar surface area (TPSA) is 98.7 Å². The van der Waals surface area contributed by atoms with E-state index in [9.17, 15) is 19.5 Å². The zero-order chi connectivity index (χ0) is 26.7. The molecule has 3 N–H and O–H groups in total. The molecule has 1 heterocycles. The van der Waals surface area contributed by atoms with Crippen LogP contribution in [0.1, 0.15) is 30.0 Å². The van der Waals surface area contributed by atoms with Gasteiger partial charge in [0.2, 0.25) is 17.7 Å². The van der Waals surface area contributed by atoms with E-state index in [0.29, 0.717) is 18.5 Å². The second-order valence-corrected chi connectivity index (χ2v) is 10.2. The van der Waals surface area contributed by atoms with E-state index in [2.05, 4.69) is 10.6 Å². The highest BCUT2D eigenvalue weighted by atomic mass is 16.3. The number of fused-ring (bicyclic) bond motifs is 1. The summed E-state index contributed by atoms with van der Waals surface area (Å²) < 4.78 is 0. The van der Waals surface area contributed by atoms with Crippen LogP contribution in [-0.4, -0.2) is 53.5 Å². The summed E-state index contributed by atoms with van der Waals surface area (Å²) in [5.41, 5.74) is 3.59. The summed E-state index contributed by atoms with van der Waals surface area (Å²) in [4.78, 5) is 42.7. The molecule has 7 heteroatoms. The van der Waals surface area contributed by atoms with Crippen molar-refractivity contribution in [3.8, 4) is 0 Å². The number of likely N-dealkylation sites (tertiary alicyclic amines) is 1. The monoisotopic (exact) mass is 503 g/mol. The molecule has 0 spiro atoms. The number of allylic oxidation sites excluding steroid dienone is 1. The van der Waals surface area contributed by atoms with Crippen LogP contribution in [0.5, 0.6) is 0 Å². The largest absolute Gasteiger partial charge is 0.394 e. The number of carbonyl (C=O) groups excluding carboxylic acids is 3. The third kappa shape index (κ3) is 5.18. The predicted molar refractivity (Wildman–Crippen MR) is 144 cm³/mol. The Kier molecular flexibility index (Phi) is 8.13. The van der Waals surface area contributed by atoms with Crippen LogP contribution in [0.15, 0.2) is 60.7 Å². The molecule has 37 heavy (non-hydrogen) atoms. The van der Waals surface area contributed by atoms with Gasteiger partial charge in [0.1, 0.15) is 6.04 Å². The van der Waals surface area contributed by atoms with Crippen molar-refractivity contribution in [3.63, 3.8) is 0 Å². The summed E-state index contributed by atoms with van der Waals surface area (Å²) in [6.45, 7) is 5.59. The third-order valence-corrected chi connectivity index (χ3v) is 7.91. The summed E-state index contributed by atoms with van der Waals surface area (Å²) in [5.74, 6) is -2.58. The standard InChI is InChI=1S/C30H37N3O4/c1-5-21-13-14-23-26(25(21)28(35)31-4)30(37)33(22(17-34)16-20-9-7-6-8-10-20)27(23)29(36)32-24-15-18(2)11-12-19(24)3/h6-15,21-23,25-27,34H,5,16-17H2,1-4H3,(H,31,35)(H,32,36)/t21-,22-,23+,25-,26+,27+/m1/s1. The molecule has 4 rings (SSSR count). The van der Waals surface area contributed by atoms with Gasteiger partial charge in [-0.3, -0.25) is 14.4 Å². The number of aliphatic hydroxyl groups excluding tert-OH is 1. The van der Waals surface area contributed by atoms with E-state index in [4.69, 9.17) is 0 Å². The molecular weight excluding hydrogens is 466 g/mol. The number of aryl methyl sites for hydroxylation is 2. The predicted octanol–water partition coefficient (Wildman–Crippen LogP) is 3.25. The maximum Gasteiger partial charge on any atom is 0.247 e. The van der Waals surface area contributed by atoms with Gasteiger partial charge in [0.25, 0.3) is 0 Å². The third-order valence-electron chi connectivity index (χ3n) is 7.91. The van der Waals surface area contributed by atoms with Gasteiger partial charge in [0, 0.05) is 18.7 Å². The van der Waals surface area contributed by atoms with Gasteiger partial charge in [-0.05, 0) is 55.4 Å². The molecule has 0 unspecified atom stereocenters. The Morgan fingerprint density at radius 1 is 1.05 bits per heavy atom. The van der Waals surface area contributed by atoms with Crippen LogP contribution < -0.4 is 10.6 Å². The summed E-state index contributed by atoms with van der Waals surface area (Å²) in [6, 6.07) is 14.0. The van der Waals surface area contributed by atoms with Gasteiger partial charge in [-0.25, -0.2) is 0 Å². The van der Waals surface area contributed by atoms with Crippen molar-refractivity contribution in [1.29, 1.82) is 0 Å². The molecule has 0 radical (unpaired) electrons. The van der Waals surface area contributed by atoms with Gasteiger partial charge in [0.15, 0.2) is 0 Å². The van der Waals surface area contributed by atoms with E-state index in [-0.39, 0.29) is 30.2 Å². The molecule has 0 aromatic heterocycles. The summed E-state index contributed by atoms with van der Waals surface area (Å²) in [6.07, 6.45) is 5.04. The van der Waals surface area contributed by atoms with E-state index in [1.54, 1.807) is 11.9 Å². The van der Waals surface area contributed by atoms with Crippen LogP contribution in [-0.2, 0) is 20.8 Å². The Balaban J connectivity index is 1.76. The number of amides is 3. The molecule has 3 amide bonds. The van der Waals surface area contributed by atoms with Crippen molar-refractivity contribution in [2.45, 2.75) is 45.7 Å². The molecule has 7 nitrogen and oxygen atoms in total. The fourth-order valence-corrected chi connectivity index (χ4v) is 5.97. The highest BCUT2D eigenvalue weighted by Gasteiger charge is 2.58. The molecule has 2 aliphatic rings. The van der Waals surface area contributed by atoms with Crippen LogP contribution in [0.2, 0.25) is 0 Å². The van der Waals surface area contributed by atoms with Crippen molar-refractivity contribution in [2.24, 2.45) is 23.7 Å². The summed E-state index contributed by atoms with van der Waals surface area (Å²) >= 11 is 0. The first-order valence-electron chi connectivity index (χ1n) is 13.1. The average Bonchev–Trinajstić information content (AvgIpc) is 3.21. The number of benzene rings is 2. The lowest BCUT2D eigenvalue weighted by atomic mass is 9.69. The molecule has 196 valence electrons. The van der Waals surface area contributed by atoms with Crippen molar-refractivity contribution >= 4 is 23.4 Å². The Morgan fingerprint density at radius 3 is 2.43 bits per heavy atom. The number of nitrogens with zero attached hydrogens (tertiary/aromatic N) is 1. The van der Waals surface area contributed by atoms with Crippen molar-refractivity contribution < 1.29 is 19.5 Å². The van der Waals surface area contributed by atoms with Gasteiger partial charge < -0.3 is 20.6 Å². The second-order valence-electron chi connectivity index (χ2n) is 10.2. The van der Waals surface area contributed by atoms with Gasteiger partial charge in [-0.15, -0.1) is 0 Å². The van der Waals surface area contributed by atoms with E-state index in [1.807, 2.05) is 81.5 Å². The van der Waals surface area contributed by atoms with Crippen LogP contribution in [0, 0.1) is 37.5 Å². The number of nitrogens with one attached hydrogen (secondary N) is 2. The maximum atomic E-state index is 14.1. The van der Waals surface area contributed by atoms with Crippen LogP contribution in [0.3, 0.4) is 0 Å². The van der Waals surface area contributed by atoms with Gasteiger partial charge >= 0.3 is 0 Å². The Bertz CT molecular complexity index is 1180. The van der Waals surface area contributed by atoms with E-state index in [1.165, 1.54) is 0 Å². The Morgan fingerprint density at radius 2 is 1.78 bits per heavy atom. The molecule has 1 aliphatic heterocycles. The number of carbonyl (C=O) groups is 3. The zero-order valence-corrected chi connectivity index (χ0v) is 22.0. The van der Waals surface area contributed by atoms with Crippen LogP contribution in [0.4, 0.5) is 5.69 Å². The Labute approximate surface area is 218 Å². The lowest BCUT2D eigenvalue weighted by molar-refractivity contribution is -0.142. The SMILES string of the molecule is CC[C@@H]1C=C[C@H]2[C@H](C(=O)N([C@@H](CO)Cc3ccccc3)[C@@H]2C(=O)Nc2cc(C)ccc2C)[C@@H]1C(=O)NC. The van der Waals surface area contributed by atoms with E-state index in [0.717, 1.165) is 16.7 Å². The van der Waals surface area contributed by atoms with Crippen molar-refractivity contribution in [1.82, 2.24) is 10.2 Å². The number of hydrogen-bond donors (Lipinski definition) is 3. The normalized spacial score (nSPS) is 25.5. The Hall–Kier alpha value is -3.45. The van der Waals surface area contributed by atoms with Crippen molar-refractivity contribution in [3.05, 3.63) is 77.4 Å². The molecule has 1 saturated heterocycles. The first kappa shape index (κ1) is 26.6.